The summed E-state index contributed by atoms with van der Waals surface area (Å²) in [4.78, 5) is 27.6. The zero-order chi connectivity index (χ0) is 20.6. The molecule has 0 radical (unpaired) electrons. The van der Waals surface area contributed by atoms with E-state index in [-0.39, 0.29) is 29.4 Å². The quantitative estimate of drug-likeness (QED) is 0.694. The fraction of sp³-hybridized carbons (Fsp3) is 0.440. The third-order valence-electron chi connectivity index (χ3n) is 6.29. The molecular weight excluding hydrogens is 362 g/mol. The predicted octanol–water partition coefficient (Wildman–Crippen LogP) is 4.94. The van der Waals surface area contributed by atoms with Crippen LogP contribution in [-0.4, -0.2) is 36.0 Å². The molecule has 1 heterocycles. The van der Waals surface area contributed by atoms with E-state index in [4.69, 9.17) is 4.74 Å². The number of ether oxygens (including phenoxy) is 1. The Balaban J connectivity index is 1.44. The number of carbonyl (C=O) groups excluding carboxylic acids is 2. The van der Waals surface area contributed by atoms with Gasteiger partial charge in [-0.3, -0.25) is 4.79 Å². The summed E-state index contributed by atoms with van der Waals surface area (Å²) in [5.74, 6) is -0.534. The van der Waals surface area contributed by atoms with Crippen LogP contribution < -0.4 is 0 Å². The number of likely N-dealkylation sites (tertiary alicyclic amines) is 1. The van der Waals surface area contributed by atoms with Gasteiger partial charge in [0.05, 0.1) is 5.56 Å². The molecule has 4 rings (SSSR count). The molecule has 2 aromatic rings. The third kappa shape index (κ3) is 4.07. The summed E-state index contributed by atoms with van der Waals surface area (Å²) in [6, 6.07) is 17.4. The van der Waals surface area contributed by atoms with Crippen molar-refractivity contribution in [1.82, 2.24) is 4.90 Å². The van der Waals surface area contributed by atoms with Crippen molar-refractivity contribution in [1.29, 1.82) is 0 Å². The van der Waals surface area contributed by atoms with Gasteiger partial charge in [-0.25, -0.2) is 4.79 Å². The standard InChI is InChI=1S/C25H29NO3/c1-24(2)13-19-14-25(3,16-24)17-26(19)22(27)15-29-23(28)21-12-8-7-11-20(21)18-9-5-4-6-10-18/h4-12,19H,13-17H2,1-3H3/t19-,25+/m1/s1. The van der Waals surface area contributed by atoms with Crippen LogP contribution in [0.3, 0.4) is 0 Å². The van der Waals surface area contributed by atoms with Gasteiger partial charge in [-0.05, 0) is 47.3 Å². The van der Waals surface area contributed by atoms with Crippen LogP contribution in [-0.2, 0) is 9.53 Å². The zero-order valence-electron chi connectivity index (χ0n) is 17.5. The van der Waals surface area contributed by atoms with Gasteiger partial charge >= 0.3 is 5.97 Å². The first-order chi connectivity index (χ1) is 13.8. The number of carbonyl (C=O) groups is 2. The lowest BCUT2D eigenvalue weighted by molar-refractivity contribution is -0.135. The molecule has 4 heteroatoms. The lowest BCUT2D eigenvalue weighted by Gasteiger charge is -2.39. The normalized spacial score (nSPS) is 24.9. The van der Waals surface area contributed by atoms with Gasteiger partial charge in [0.25, 0.3) is 5.91 Å². The number of amides is 1. The first kappa shape index (κ1) is 19.7. The van der Waals surface area contributed by atoms with Gasteiger partial charge < -0.3 is 9.64 Å². The maximum atomic E-state index is 12.9. The number of nitrogens with zero attached hydrogens (tertiary/aromatic N) is 1. The van der Waals surface area contributed by atoms with Crippen LogP contribution in [0.1, 0.15) is 50.4 Å². The van der Waals surface area contributed by atoms with Crippen molar-refractivity contribution in [3.8, 4) is 11.1 Å². The SMILES string of the molecule is CC1(C)C[C@@H]2C[C@](C)(CN2C(=O)COC(=O)c2ccccc2-c2ccccc2)C1. The molecule has 1 aliphatic heterocycles. The summed E-state index contributed by atoms with van der Waals surface area (Å²) >= 11 is 0. The topological polar surface area (TPSA) is 46.6 Å². The Morgan fingerprint density at radius 2 is 1.69 bits per heavy atom. The largest absolute Gasteiger partial charge is 0.452 e. The van der Waals surface area contributed by atoms with E-state index in [0.717, 1.165) is 36.9 Å². The number of hydrogen-bond acceptors (Lipinski definition) is 3. The van der Waals surface area contributed by atoms with Crippen molar-refractivity contribution >= 4 is 11.9 Å². The Labute approximate surface area is 172 Å². The van der Waals surface area contributed by atoms with E-state index in [9.17, 15) is 9.59 Å². The summed E-state index contributed by atoms with van der Waals surface area (Å²) in [5, 5.41) is 0. The van der Waals surface area contributed by atoms with Gasteiger partial charge in [0.15, 0.2) is 6.61 Å². The van der Waals surface area contributed by atoms with Crippen LogP contribution in [0, 0.1) is 10.8 Å². The molecule has 1 saturated carbocycles. The van der Waals surface area contributed by atoms with Crippen LogP contribution in [0.2, 0.25) is 0 Å². The van der Waals surface area contributed by atoms with Crippen molar-refractivity contribution < 1.29 is 14.3 Å². The van der Waals surface area contributed by atoms with Gasteiger partial charge in [0, 0.05) is 12.6 Å². The molecule has 2 atom stereocenters. The van der Waals surface area contributed by atoms with E-state index in [1.807, 2.05) is 53.4 Å². The smallest absolute Gasteiger partial charge is 0.339 e. The fourth-order valence-corrected chi connectivity index (χ4v) is 5.57. The van der Waals surface area contributed by atoms with Crippen LogP contribution in [0.15, 0.2) is 54.6 Å². The lowest BCUT2D eigenvalue weighted by atomic mass is 9.65. The van der Waals surface area contributed by atoms with E-state index < -0.39 is 5.97 Å². The predicted molar refractivity (Wildman–Crippen MR) is 113 cm³/mol. The molecule has 2 fully saturated rings. The molecule has 2 bridgehead atoms. The van der Waals surface area contributed by atoms with E-state index in [1.165, 1.54) is 0 Å². The number of hydrogen-bond donors (Lipinski definition) is 0. The summed E-state index contributed by atoms with van der Waals surface area (Å²) in [7, 11) is 0. The second-order valence-corrected chi connectivity index (χ2v) is 9.72. The van der Waals surface area contributed by atoms with Crippen molar-refractivity contribution in [3.63, 3.8) is 0 Å². The molecule has 1 aliphatic carbocycles. The van der Waals surface area contributed by atoms with Crippen LogP contribution in [0.4, 0.5) is 0 Å². The molecule has 0 unspecified atom stereocenters. The summed E-state index contributed by atoms with van der Waals surface area (Å²) in [5.41, 5.74) is 2.68. The van der Waals surface area contributed by atoms with E-state index in [0.29, 0.717) is 5.56 Å². The molecular formula is C25H29NO3. The van der Waals surface area contributed by atoms with Crippen molar-refractivity contribution in [2.24, 2.45) is 10.8 Å². The maximum absolute atomic E-state index is 12.9. The Bertz CT molecular complexity index is 921. The first-order valence-electron chi connectivity index (χ1n) is 10.4. The molecule has 1 saturated heterocycles. The van der Waals surface area contributed by atoms with Gasteiger partial charge in [0.1, 0.15) is 0 Å². The van der Waals surface area contributed by atoms with Gasteiger partial charge in [-0.1, -0.05) is 69.3 Å². The Kier molecular flexibility index (Phi) is 4.97. The average Bonchev–Trinajstić information content (AvgIpc) is 2.95. The summed E-state index contributed by atoms with van der Waals surface area (Å²) in [6.45, 7) is 7.40. The van der Waals surface area contributed by atoms with Crippen molar-refractivity contribution in [2.75, 3.05) is 13.2 Å². The molecule has 2 aliphatic rings. The highest BCUT2D eigenvalue weighted by atomic mass is 16.5. The number of esters is 1. The van der Waals surface area contributed by atoms with Crippen LogP contribution in [0.25, 0.3) is 11.1 Å². The lowest BCUT2D eigenvalue weighted by Crippen LogP contribution is -2.39. The number of rotatable bonds is 4. The minimum atomic E-state index is -0.452. The molecule has 0 aromatic heterocycles. The third-order valence-corrected chi connectivity index (χ3v) is 6.29. The number of fused-ring (bicyclic) bond motifs is 2. The Hall–Kier alpha value is -2.62. The number of benzene rings is 2. The monoisotopic (exact) mass is 391 g/mol. The molecule has 1 amide bonds. The van der Waals surface area contributed by atoms with E-state index in [1.54, 1.807) is 6.07 Å². The van der Waals surface area contributed by atoms with Crippen molar-refractivity contribution in [3.05, 3.63) is 60.2 Å². The summed E-state index contributed by atoms with van der Waals surface area (Å²) < 4.78 is 5.47. The van der Waals surface area contributed by atoms with Gasteiger partial charge in [-0.15, -0.1) is 0 Å². The minimum Gasteiger partial charge on any atom is -0.452 e. The molecule has 29 heavy (non-hydrogen) atoms. The minimum absolute atomic E-state index is 0.0815. The van der Waals surface area contributed by atoms with E-state index in [2.05, 4.69) is 20.8 Å². The first-order valence-corrected chi connectivity index (χ1v) is 10.4. The average molecular weight is 392 g/mol. The molecule has 152 valence electrons. The highest BCUT2D eigenvalue weighted by Crippen LogP contribution is 2.52. The molecule has 2 aromatic carbocycles. The highest BCUT2D eigenvalue weighted by molar-refractivity contribution is 5.98. The van der Waals surface area contributed by atoms with Gasteiger partial charge in [0.2, 0.25) is 0 Å². The fourth-order valence-electron chi connectivity index (χ4n) is 5.57. The second kappa shape index (κ2) is 7.33. The highest BCUT2D eigenvalue weighted by Gasteiger charge is 2.50. The second-order valence-electron chi connectivity index (χ2n) is 9.72. The van der Waals surface area contributed by atoms with Crippen LogP contribution >= 0.6 is 0 Å². The van der Waals surface area contributed by atoms with E-state index >= 15 is 0 Å². The Morgan fingerprint density at radius 3 is 2.45 bits per heavy atom. The molecule has 4 nitrogen and oxygen atoms in total. The van der Waals surface area contributed by atoms with Crippen LogP contribution in [0.5, 0.6) is 0 Å². The van der Waals surface area contributed by atoms with Crippen molar-refractivity contribution in [2.45, 2.75) is 46.1 Å². The molecule has 0 N–H and O–H groups in total. The Morgan fingerprint density at radius 1 is 1.00 bits per heavy atom. The van der Waals surface area contributed by atoms with Gasteiger partial charge in [-0.2, -0.15) is 0 Å². The molecule has 0 spiro atoms. The summed E-state index contributed by atoms with van der Waals surface area (Å²) in [6.07, 6.45) is 3.19. The zero-order valence-corrected chi connectivity index (χ0v) is 17.5. The maximum Gasteiger partial charge on any atom is 0.339 e.